The van der Waals surface area contributed by atoms with Crippen molar-refractivity contribution < 1.29 is 4.79 Å². The van der Waals surface area contributed by atoms with E-state index < -0.39 is 0 Å². The van der Waals surface area contributed by atoms with Crippen molar-refractivity contribution in [2.45, 2.75) is 20.4 Å². The third-order valence-electron chi connectivity index (χ3n) is 3.04. The van der Waals surface area contributed by atoms with Gasteiger partial charge in [0.25, 0.3) is 5.91 Å². The van der Waals surface area contributed by atoms with Crippen LogP contribution in [-0.2, 0) is 6.54 Å². The van der Waals surface area contributed by atoms with E-state index in [4.69, 9.17) is 5.73 Å². The predicted octanol–water partition coefficient (Wildman–Crippen LogP) is 2.21. The number of nitrogens with two attached hydrogens (primary N) is 1. The van der Waals surface area contributed by atoms with Crippen LogP contribution in [0.4, 0.5) is 5.69 Å². The number of anilines is 1. The first-order valence-electron chi connectivity index (χ1n) is 6.12. The summed E-state index contributed by atoms with van der Waals surface area (Å²) in [4.78, 5) is 16.1. The lowest BCUT2D eigenvalue weighted by molar-refractivity contribution is 0.0952. The van der Waals surface area contributed by atoms with Crippen molar-refractivity contribution in [3.63, 3.8) is 0 Å². The van der Waals surface area contributed by atoms with E-state index in [0.29, 0.717) is 17.8 Å². The van der Waals surface area contributed by atoms with Crippen molar-refractivity contribution in [3.8, 4) is 0 Å². The molecular weight excluding hydrogens is 238 g/mol. The number of nitrogen functional groups attached to an aromatic ring is 1. The number of benzene rings is 1. The van der Waals surface area contributed by atoms with Crippen molar-refractivity contribution in [1.82, 2.24) is 10.3 Å². The van der Waals surface area contributed by atoms with Gasteiger partial charge in [-0.05, 0) is 48.7 Å². The molecule has 0 saturated heterocycles. The fourth-order valence-electron chi connectivity index (χ4n) is 1.84. The van der Waals surface area contributed by atoms with Crippen LogP contribution in [0.25, 0.3) is 0 Å². The van der Waals surface area contributed by atoms with Gasteiger partial charge >= 0.3 is 0 Å². The Kier molecular flexibility index (Phi) is 3.80. The number of rotatable bonds is 3. The van der Waals surface area contributed by atoms with Gasteiger partial charge in [0.05, 0.1) is 5.56 Å². The Bertz CT molecular complexity index is 608. The van der Waals surface area contributed by atoms with E-state index in [9.17, 15) is 4.79 Å². The fourth-order valence-corrected chi connectivity index (χ4v) is 1.84. The van der Waals surface area contributed by atoms with Crippen LogP contribution in [0.5, 0.6) is 0 Å². The Morgan fingerprint density at radius 1 is 1.32 bits per heavy atom. The van der Waals surface area contributed by atoms with Gasteiger partial charge in [0.15, 0.2) is 0 Å². The van der Waals surface area contributed by atoms with Gasteiger partial charge in [0.2, 0.25) is 0 Å². The number of pyridine rings is 1. The van der Waals surface area contributed by atoms with Crippen LogP contribution in [-0.4, -0.2) is 10.9 Å². The Morgan fingerprint density at radius 3 is 2.79 bits per heavy atom. The van der Waals surface area contributed by atoms with Gasteiger partial charge < -0.3 is 11.1 Å². The lowest BCUT2D eigenvalue weighted by Crippen LogP contribution is -2.24. The van der Waals surface area contributed by atoms with Crippen LogP contribution >= 0.6 is 0 Å². The third-order valence-corrected chi connectivity index (χ3v) is 3.04. The quantitative estimate of drug-likeness (QED) is 0.826. The molecule has 2 aromatic rings. The highest BCUT2D eigenvalue weighted by Crippen LogP contribution is 2.14. The molecular formula is C15H17N3O. The highest BCUT2D eigenvalue weighted by molar-refractivity contribution is 5.99. The second-order valence-electron chi connectivity index (χ2n) is 4.58. The van der Waals surface area contributed by atoms with E-state index >= 15 is 0 Å². The molecule has 1 aromatic carbocycles. The summed E-state index contributed by atoms with van der Waals surface area (Å²) in [7, 11) is 0. The normalized spacial score (nSPS) is 10.2. The zero-order chi connectivity index (χ0) is 13.8. The number of carbonyl (C=O) groups excluding carboxylic acids is 1. The molecule has 0 atom stereocenters. The highest BCUT2D eigenvalue weighted by atomic mass is 16.1. The molecule has 0 saturated carbocycles. The molecule has 2 rings (SSSR count). The molecule has 0 spiro atoms. The molecule has 0 aliphatic carbocycles. The summed E-state index contributed by atoms with van der Waals surface area (Å²) in [6, 6.07) is 7.34. The summed E-state index contributed by atoms with van der Waals surface area (Å²) in [5.41, 5.74) is 10.00. The molecule has 4 heteroatoms. The lowest BCUT2D eigenvalue weighted by atomic mass is 10.1. The molecule has 1 heterocycles. The first-order valence-corrected chi connectivity index (χ1v) is 6.12. The molecule has 0 bridgehead atoms. The van der Waals surface area contributed by atoms with Gasteiger partial charge in [-0.25, -0.2) is 0 Å². The summed E-state index contributed by atoms with van der Waals surface area (Å²) in [6.45, 7) is 4.38. The molecule has 98 valence electrons. The Morgan fingerprint density at radius 2 is 2.11 bits per heavy atom. The molecule has 1 aromatic heterocycles. The van der Waals surface area contributed by atoms with Crippen molar-refractivity contribution in [2.24, 2.45) is 0 Å². The van der Waals surface area contributed by atoms with Gasteiger partial charge in [0.1, 0.15) is 0 Å². The maximum absolute atomic E-state index is 12.0. The zero-order valence-corrected chi connectivity index (χ0v) is 11.1. The number of aromatic nitrogens is 1. The molecule has 1 amide bonds. The fraction of sp³-hybridized carbons (Fsp3) is 0.200. The minimum absolute atomic E-state index is 0.166. The number of nitrogens with one attached hydrogen (secondary N) is 1. The second kappa shape index (κ2) is 5.52. The summed E-state index contributed by atoms with van der Waals surface area (Å²) >= 11 is 0. The third kappa shape index (κ3) is 3.10. The van der Waals surface area contributed by atoms with Gasteiger partial charge in [-0.1, -0.05) is 6.07 Å². The SMILES string of the molecule is Cc1ccc(C(=O)NCc2cnccc2C)c(N)c1. The highest BCUT2D eigenvalue weighted by Gasteiger charge is 2.09. The van der Waals surface area contributed by atoms with Crippen LogP contribution in [0.15, 0.2) is 36.7 Å². The van der Waals surface area contributed by atoms with E-state index in [-0.39, 0.29) is 5.91 Å². The number of nitrogens with zero attached hydrogens (tertiary/aromatic N) is 1. The Hall–Kier alpha value is -2.36. The number of carbonyl (C=O) groups is 1. The number of aryl methyl sites for hydroxylation is 2. The first-order chi connectivity index (χ1) is 9.08. The van der Waals surface area contributed by atoms with Crippen LogP contribution in [0.1, 0.15) is 27.0 Å². The minimum atomic E-state index is -0.166. The van der Waals surface area contributed by atoms with Gasteiger partial charge in [-0.2, -0.15) is 0 Å². The summed E-state index contributed by atoms with van der Waals surface area (Å²) < 4.78 is 0. The predicted molar refractivity (Wildman–Crippen MR) is 75.7 cm³/mol. The van der Waals surface area contributed by atoms with Crippen LogP contribution in [0.2, 0.25) is 0 Å². The molecule has 0 unspecified atom stereocenters. The van der Waals surface area contributed by atoms with Crippen molar-refractivity contribution in [2.75, 3.05) is 5.73 Å². The summed E-state index contributed by atoms with van der Waals surface area (Å²) in [6.07, 6.45) is 3.49. The van der Waals surface area contributed by atoms with E-state index in [1.54, 1.807) is 24.5 Å². The van der Waals surface area contributed by atoms with Gasteiger partial charge in [-0.15, -0.1) is 0 Å². The second-order valence-corrected chi connectivity index (χ2v) is 4.58. The first kappa shape index (κ1) is 13.1. The molecule has 0 aliphatic heterocycles. The Balaban J connectivity index is 2.08. The lowest BCUT2D eigenvalue weighted by Gasteiger charge is -2.09. The Labute approximate surface area is 112 Å². The standard InChI is InChI=1S/C15H17N3O/c1-10-3-4-13(14(16)7-10)15(19)18-9-12-8-17-6-5-11(12)2/h3-8H,9,16H2,1-2H3,(H,18,19). The number of hydrogen-bond donors (Lipinski definition) is 2. The molecule has 3 N–H and O–H groups in total. The smallest absolute Gasteiger partial charge is 0.253 e. The van der Waals surface area contributed by atoms with Crippen molar-refractivity contribution in [1.29, 1.82) is 0 Å². The van der Waals surface area contributed by atoms with E-state index in [1.807, 2.05) is 26.0 Å². The number of amides is 1. The van der Waals surface area contributed by atoms with E-state index in [0.717, 1.165) is 16.7 Å². The minimum Gasteiger partial charge on any atom is -0.398 e. The summed E-state index contributed by atoms with van der Waals surface area (Å²) in [5.74, 6) is -0.166. The molecule has 0 radical (unpaired) electrons. The van der Waals surface area contributed by atoms with Crippen LogP contribution < -0.4 is 11.1 Å². The average Bonchev–Trinajstić information content (AvgIpc) is 2.37. The monoisotopic (exact) mass is 255 g/mol. The van der Waals surface area contributed by atoms with Gasteiger partial charge in [0, 0.05) is 24.6 Å². The molecule has 0 aliphatic rings. The van der Waals surface area contributed by atoms with Crippen LogP contribution in [0.3, 0.4) is 0 Å². The molecule has 19 heavy (non-hydrogen) atoms. The van der Waals surface area contributed by atoms with Crippen LogP contribution in [0, 0.1) is 13.8 Å². The maximum atomic E-state index is 12.0. The maximum Gasteiger partial charge on any atom is 0.253 e. The van der Waals surface area contributed by atoms with Gasteiger partial charge in [-0.3, -0.25) is 9.78 Å². The van der Waals surface area contributed by atoms with Crippen molar-refractivity contribution in [3.05, 3.63) is 58.9 Å². The van der Waals surface area contributed by atoms with E-state index in [2.05, 4.69) is 10.3 Å². The largest absolute Gasteiger partial charge is 0.398 e. The zero-order valence-electron chi connectivity index (χ0n) is 11.1. The van der Waals surface area contributed by atoms with E-state index in [1.165, 1.54) is 0 Å². The number of hydrogen-bond acceptors (Lipinski definition) is 3. The molecule has 0 fully saturated rings. The molecule has 4 nitrogen and oxygen atoms in total. The van der Waals surface area contributed by atoms with Crippen molar-refractivity contribution >= 4 is 11.6 Å². The average molecular weight is 255 g/mol. The topological polar surface area (TPSA) is 68.0 Å². The summed E-state index contributed by atoms with van der Waals surface area (Å²) in [5, 5.41) is 2.86.